The minimum absolute atomic E-state index is 0.233. The molecule has 0 spiro atoms. The topological polar surface area (TPSA) is 38.0 Å². The molecule has 3 N–H and O–H groups in total. The van der Waals surface area contributed by atoms with Gasteiger partial charge in [0.05, 0.1) is 10.5 Å². The number of nitrogens with two attached hydrogens (primary N) is 1. The standard InChI is InChI=1S/C15H15BrF2N2/c1-9-2-3-10(17)6-12(9)15(8-19)20-11-4-5-14(18)13(16)7-11/h2-7,15,20H,8,19H2,1H3. The van der Waals surface area contributed by atoms with E-state index in [0.717, 1.165) is 16.8 Å². The van der Waals surface area contributed by atoms with E-state index in [0.29, 0.717) is 11.0 Å². The van der Waals surface area contributed by atoms with E-state index < -0.39 is 0 Å². The Hall–Kier alpha value is -1.46. The summed E-state index contributed by atoms with van der Waals surface area (Å²) in [6.45, 7) is 2.21. The second kappa shape index (κ2) is 6.33. The number of benzene rings is 2. The zero-order valence-corrected chi connectivity index (χ0v) is 12.5. The Bertz CT molecular complexity index is 617. The normalized spacial score (nSPS) is 12.2. The monoisotopic (exact) mass is 340 g/mol. The van der Waals surface area contributed by atoms with E-state index in [2.05, 4.69) is 21.2 Å². The van der Waals surface area contributed by atoms with E-state index in [-0.39, 0.29) is 17.7 Å². The maximum atomic E-state index is 13.4. The summed E-state index contributed by atoms with van der Waals surface area (Å²) in [6, 6.07) is 8.99. The highest BCUT2D eigenvalue weighted by molar-refractivity contribution is 9.10. The summed E-state index contributed by atoms with van der Waals surface area (Å²) in [7, 11) is 0. The van der Waals surface area contributed by atoms with Crippen LogP contribution in [0.1, 0.15) is 17.2 Å². The van der Waals surface area contributed by atoms with Crippen LogP contribution in [-0.2, 0) is 0 Å². The quantitative estimate of drug-likeness (QED) is 0.877. The van der Waals surface area contributed by atoms with Crippen molar-refractivity contribution < 1.29 is 8.78 Å². The van der Waals surface area contributed by atoms with Gasteiger partial charge in [-0.1, -0.05) is 6.07 Å². The number of hydrogen-bond acceptors (Lipinski definition) is 2. The van der Waals surface area contributed by atoms with E-state index in [9.17, 15) is 8.78 Å². The summed E-state index contributed by atoms with van der Waals surface area (Å²) in [4.78, 5) is 0. The van der Waals surface area contributed by atoms with Crippen LogP contribution in [0.4, 0.5) is 14.5 Å². The van der Waals surface area contributed by atoms with Gasteiger partial charge in [0, 0.05) is 12.2 Å². The van der Waals surface area contributed by atoms with Crippen LogP contribution in [0, 0.1) is 18.6 Å². The molecule has 2 rings (SSSR count). The van der Waals surface area contributed by atoms with Gasteiger partial charge in [-0.2, -0.15) is 0 Å². The molecule has 106 valence electrons. The summed E-state index contributed by atoms with van der Waals surface area (Å²) in [5.74, 6) is -0.632. The van der Waals surface area contributed by atoms with Crippen molar-refractivity contribution in [2.75, 3.05) is 11.9 Å². The summed E-state index contributed by atoms with van der Waals surface area (Å²) in [6.07, 6.45) is 0. The van der Waals surface area contributed by atoms with Gasteiger partial charge in [0.25, 0.3) is 0 Å². The van der Waals surface area contributed by atoms with Gasteiger partial charge in [-0.15, -0.1) is 0 Å². The lowest BCUT2D eigenvalue weighted by Gasteiger charge is -2.21. The van der Waals surface area contributed by atoms with Crippen molar-refractivity contribution >= 4 is 21.6 Å². The fourth-order valence-corrected chi connectivity index (χ4v) is 2.42. The molecule has 1 unspecified atom stereocenters. The van der Waals surface area contributed by atoms with Crippen LogP contribution in [0.15, 0.2) is 40.9 Å². The van der Waals surface area contributed by atoms with Gasteiger partial charge in [0.2, 0.25) is 0 Å². The van der Waals surface area contributed by atoms with Crippen molar-refractivity contribution in [3.63, 3.8) is 0 Å². The number of nitrogens with one attached hydrogen (secondary N) is 1. The van der Waals surface area contributed by atoms with Crippen LogP contribution in [0.2, 0.25) is 0 Å². The predicted molar refractivity (Wildman–Crippen MR) is 80.7 cm³/mol. The molecular weight excluding hydrogens is 326 g/mol. The molecule has 0 aliphatic rings. The van der Waals surface area contributed by atoms with Gasteiger partial charge >= 0.3 is 0 Å². The molecule has 2 nitrogen and oxygen atoms in total. The molecule has 0 amide bonds. The summed E-state index contributed by atoms with van der Waals surface area (Å²) in [5, 5.41) is 3.19. The maximum Gasteiger partial charge on any atom is 0.137 e. The van der Waals surface area contributed by atoms with Crippen LogP contribution in [-0.4, -0.2) is 6.54 Å². The predicted octanol–water partition coefficient (Wildman–Crippen LogP) is 4.15. The van der Waals surface area contributed by atoms with E-state index in [4.69, 9.17) is 5.73 Å². The lowest BCUT2D eigenvalue weighted by atomic mass is 10.0. The minimum atomic E-state index is -0.332. The summed E-state index contributed by atoms with van der Waals surface area (Å²) >= 11 is 3.13. The molecule has 20 heavy (non-hydrogen) atoms. The van der Waals surface area contributed by atoms with Gasteiger partial charge < -0.3 is 11.1 Å². The van der Waals surface area contributed by atoms with E-state index >= 15 is 0 Å². The highest BCUT2D eigenvalue weighted by Crippen LogP contribution is 2.25. The van der Waals surface area contributed by atoms with Crippen LogP contribution < -0.4 is 11.1 Å². The van der Waals surface area contributed by atoms with E-state index in [1.807, 2.05) is 6.92 Å². The minimum Gasteiger partial charge on any atom is -0.377 e. The lowest BCUT2D eigenvalue weighted by Crippen LogP contribution is -2.21. The molecule has 0 saturated heterocycles. The molecule has 0 aliphatic carbocycles. The first kappa shape index (κ1) is 14.9. The second-order valence-electron chi connectivity index (χ2n) is 4.56. The largest absolute Gasteiger partial charge is 0.377 e. The van der Waals surface area contributed by atoms with Crippen molar-refractivity contribution in [1.29, 1.82) is 0 Å². The maximum absolute atomic E-state index is 13.4. The first-order chi connectivity index (χ1) is 9.51. The van der Waals surface area contributed by atoms with Crippen molar-refractivity contribution in [3.05, 3.63) is 63.6 Å². The Morgan fingerprint density at radius 1 is 1.20 bits per heavy atom. The molecule has 2 aromatic rings. The number of hydrogen-bond donors (Lipinski definition) is 2. The van der Waals surface area contributed by atoms with Gasteiger partial charge in [0.15, 0.2) is 0 Å². The highest BCUT2D eigenvalue weighted by atomic mass is 79.9. The van der Waals surface area contributed by atoms with Gasteiger partial charge in [0.1, 0.15) is 11.6 Å². The third-order valence-electron chi connectivity index (χ3n) is 3.11. The number of anilines is 1. The van der Waals surface area contributed by atoms with Gasteiger partial charge in [-0.25, -0.2) is 8.78 Å². The van der Waals surface area contributed by atoms with E-state index in [1.54, 1.807) is 18.2 Å². The third kappa shape index (κ3) is 3.35. The van der Waals surface area contributed by atoms with Crippen LogP contribution >= 0.6 is 15.9 Å². The Morgan fingerprint density at radius 2 is 1.95 bits per heavy atom. The Balaban J connectivity index is 2.28. The first-order valence-electron chi connectivity index (χ1n) is 6.19. The van der Waals surface area contributed by atoms with Gasteiger partial charge in [-0.3, -0.25) is 0 Å². The van der Waals surface area contributed by atoms with Crippen LogP contribution in [0.25, 0.3) is 0 Å². The average molecular weight is 341 g/mol. The second-order valence-corrected chi connectivity index (χ2v) is 5.42. The first-order valence-corrected chi connectivity index (χ1v) is 6.98. The van der Waals surface area contributed by atoms with Crippen molar-refractivity contribution in [2.24, 2.45) is 5.73 Å². The molecule has 5 heteroatoms. The molecule has 0 radical (unpaired) electrons. The number of halogens is 3. The molecule has 0 bridgehead atoms. The van der Waals surface area contributed by atoms with Gasteiger partial charge in [-0.05, 0) is 64.3 Å². The van der Waals surface area contributed by atoms with Crippen LogP contribution in [0.3, 0.4) is 0 Å². The molecule has 0 aromatic heterocycles. The Morgan fingerprint density at radius 3 is 2.60 bits per heavy atom. The molecule has 0 aliphatic heterocycles. The average Bonchev–Trinajstić information content (AvgIpc) is 2.43. The van der Waals surface area contributed by atoms with Crippen molar-refractivity contribution in [3.8, 4) is 0 Å². The smallest absolute Gasteiger partial charge is 0.137 e. The zero-order chi connectivity index (χ0) is 14.7. The third-order valence-corrected chi connectivity index (χ3v) is 3.72. The highest BCUT2D eigenvalue weighted by Gasteiger charge is 2.13. The summed E-state index contributed by atoms with van der Waals surface area (Å²) in [5.41, 5.74) is 8.24. The number of aryl methyl sites for hydroxylation is 1. The number of rotatable bonds is 4. The molecule has 0 fully saturated rings. The van der Waals surface area contributed by atoms with Crippen LogP contribution in [0.5, 0.6) is 0 Å². The molecule has 0 saturated carbocycles. The van der Waals surface area contributed by atoms with Crippen molar-refractivity contribution in [1.82, 2.24) is 0 Å². The van der Waals surface area contributed by atoms with E-state index in [1.165, 1.54) is 18.2 Å². The molecule has 0 heterocycles. The molecule has 1 atom stereocenters. The Kier molecular flexibility index (Phi) is 4.73. The molecule has 2 aromatic carbocycles. The lowest BCUT2D eigenvalue weighted by molar-refractivity contribution is 0.620. The zero-order valence-electron chi connectivity index (χ0n) is 11.0. The molecular formula is C15H15BrF2N2. The Labute approximate surface area is 125 Å². The van der Waals surface area contributed by atoms with Crippen molar-refractivity contribution in [2.45, 2.75) is 13.0 Å². The summed E-state index contributed by atoms with van der Waals surface area (Å²) < 4.78 is 27.0. The fraction of sp³-hybridized carbons (Fsp3) is 0.200. The fourth-order valence-electron chi connectivity index (χ4n) is 2.04. The SMILES string of the molecule is Cc1ccc(F)cc1C(CN)Nc1ccc(F)c(Br)c1.